The zero-order valence-corrected chi connectivity index (χ0v) is 20.3. The number of likely N-dealkylation sites (tertiary alicyclic amines) is 1. The maximum absolute atomic E-state index is 13.4. The van der Waals surface area contributed by atoms with Crippen LogP contribution in [-0.4, -0.2) is 58.0 Å². The van der Waals surface area contributed by atoms with Crippen LogP contribution in [0.3, 0.4) is 0 Å². The van der Waals surface area contributed by atoms with Crippen molar-refractivity contribution in [2.75, 3.05) is 32.7 Å². The van der Waals surface area contributed by atoms with Crippen molar-refractivity contribution in [3.8, 4) is 0 Å². The molecule has 5 heteroatoms. The smallest absolute Gasteiger partial charge is 0.253 e. The minimum atomic E-state index is 0.183. The van der Waals surface area contributed by atoms with Gasteiger partial charge in [0.25, 0.3) is 5.91 Å². The van der Waals surface area contributed by atoms with E-state index in [0.717, 1.165) is 68.3 Å². The Bertz CT molecular complexity index is 871. The maximum atomic E-state index is 13.4. The Kier molecular flexibility index (Phi) is 8.23. The molecule has 0 N–H and O–H groups in total. The van der Waals surface area contributed by atoms with Crippen molar-refractivity contribution in [1.82, 2.24) is 19.4 Å². The molecule has 5 nitrogen and oxygen atoms in total. The van der Waals surface area contributed by atoms with E-state index in [-0.39, 0.29) is 5.91 Å². The molecular weight excluding hydrogens is 396 g/mol. The molecule has 0 radical (unpaired) electrons. The first-order valence-corrected chi connectivity index (χ1v) is 13.2. The van der Waals surface area contributed by atoms with Crippen LogP contribution in [0.25, 0.3) is 11.0 Å². The summed E-state index contributed by atoms with van der Waals surface area (Å²) in [7, 11) is 0. The summed E-state index contributed by atoms with van der Waals surface area (Å²) in [6.07, 6.45) is 12.1. The van der Waals surface area contributed by atoms with Gasteiger partial charge in [0.15, 0.2) is 0 Å². The van der Waals surface area contributed by atoms with Gasteiger partial charge in [-0.1, -0.05) is 33.1 Å². The number of carbonyl (C=O) groups excluding carboxylic acids is 1. The molecule has 0 spiro atoms. The Labute approximate surface area is 194 Å². The Morgan fingerprint density at radius 3 is 2.38 bits per heavy atom. The second kappa shape index (κ2) is 11.3. The fourth-order valence-corrected chi connectivity index (χ4v) is 4.99. The fraction of sp³-hybridized carbons (Fsp3) is 0.704. The Morgan fingerprint density at radius 1 is 1.00 bits per heavy atom. The monoisotopic (exact) mass is 438 g/mol. The minimum Gasteiger partial charge on any atom is -0.339 e. The minimum absolute atomic E-state index is 0.183. The molecule has 2 heterocycles. The van der Waals surface area contributed by atoms with Crippen molar-refractivity contribution in [1.29, 1.82) is 0 Å². The van der Waals surface area contributed by atoms with E-state index >= 15 is 0 Å². The largest absolute Gasteiger partial charge is 0.339 e. The van der Waals surface area contributed by atoms with Crippen molar-refractivity contribution in [3.63, 3.8) is 0 Å². The van der Waals surface area contributed by atoms with Crippen LogP contribution in [0.1, 0.15) is 100 Å². The second-order valence-electron chi connectivity index (χ2n) is 9.85. The lowest BCUT2D eigenvalue weighted by atomic mass is 10.1. The number of aromatic nitrogens is 2. The average Bonchev–Trinajstić information content (AvgIpc) is 3.61. The van der Waals surface area contributed by atoms with E-state index in [1.54, 1.807) is 0 Å². The van der Waals surface area contributed by atoms with Crippen molar-refractivity contribution in [3.05, 3.63) is 29.6 Å². The van der Waals surface area contributed by atoms with Crippen LogP contribution < -0.4 is 0 Å². The summed E-state index contributed by atoms with van der Waals surface area (Å²) in [6.45, 7) is 10.8. The number of carbonyl (C=O) groups is 1. The molecule has 1 amide bonds. The van der Waals surface area contributed by atoms with Gasteiger partial charge in [-0.2, -0.15) is 0 Å². The first kappa shape index (κ1) is 23.3. The number of rotatable bonds is 12. The SMILES string of the molecule is CCCCN(CCCC)C(=O)c1ccc2nc(C3CC3)n(CCCN3CCCCC3)c2c1. The molecule has 1 aromatic heterocycles. The third-order valence-electron chi connectivity index (χ3n) is 7.12. The Hall–Kier alpha value is -1.88. The third kappa shape index (κ3) is 5.72. The zero-order valence-electron chi connectivity index (χ0n) is 20.3. The van der Waals surface area contributed by atoms with Crippen LogP contribution in [-0.2, 0) is 6.54 Å². The number of amides is 1. The second-order valence-corrected chi connectivity index (χ2v) is 9.85. The van der Waals surface area contributed by atoms with E-state index < -0.39 is 0 Å². The summed E-state index contributed by atoms with van der Waals surface area (Å²) in [5.41, 5.74) is 3.03. The molecule has 0 bridgehead atoms. The molecule has 4 rings (SSSR count). The summed E-state index contributed by atoms with van der Waals surface area (Å²) in [4.78, 5) is 23.1. The predicted octanol–water partition coefficient (Wildman–Crippen LogP) is 5.83. The molecule has 1 aliphatic carbocycles. The summed E-state index contributed by atoms with van der Waals surface area (Å²) in [5.74, 6) is 2.04. The normalized spacial score (nSPS) is 17.2. The van der Waals surface area contributed by atoms with Gasteiger partial charge in [0.2, 0.25) is 0 Å². The number of unbranched alkanes of at least 4 members (excludes halogenated alkanes) is 2. The third-order valence-corrected chi connectivity index (χ3v) is 7.12. The molecule has 32 heavy (non-hydrogen) atoms. The van der Waals surface area contributed by atoms with Crippen LogP contribution in [0, 0.1) is 0 Å². The molecule has 1 saturated carbocycles. The van der Waals surface area contributed by atoms with Crippen molar-refractivity contribution in [2.24, 2.45) is 0 Å². The summed E-state index contributed by atoms with van der Waals surface area (Å²) >= 11 is 0. The van der Waals surface area contributed by atoms with Gasteiger partial charge in [-0.15, -0.1) is 0 Å². The van der Waals surface area contributed by atoms with Gasteiger partial charge >= 0.3 is 0 Å². The number of hydrogen-bond acceptors (Lipinski definition) is 3. The number of aryl methyl sites for hydroxylation is 1. The zero-order chi connectivity index (χ0) is 22.3. The number of fused-ring (bicyclic) bond motifs is 1. The van der Waals surface area contributed by atoms with Crippen LogP contribution >= 0.6 is 0 Å². The molecular formula is C27H42N4O. The number of piperidine rings is 1. The van der Waals surface area contributed by atoms with Crippen molar-refractivity contribution in [2.45, 2.75) is 90.5 Å². The van der Waals surface area contributed by atoms with Crippen LogP contribution in [0.5, 0.6) is 0 Å². The van der Waals surface area contributed by atoms with Crippen LogP contribution in [0.4, 0.5) is 0 Å². The topological polar surface area (TPSA) is 41.4 Å². The first-order valence-electron chi connectivity index (χ1n) is 13.2. The molecule has 0 atom stereocenters. The van der Waals surface area contributed by atoms with E-state index in [0.29, 0.717) is 5.92 Å². The highest BCUT2D eigenvalue weighted by atomic mass is 16.2. The van der Waals surface area contributed by atoms with E-state index in [2.05, 4.69) is 40.3 Å². The summed E-state index contributed by atoms with van der Waals surface area (Å²) < 4.78 is 2.44. The lowest BCUT2D eigenvalue weighted by Gasteiger charge is -2.26. The van der Waals surface area contributed by atoms with E-state index in [4.69, 9.17) is 4.98 Å². The standard InChI is InChI=1S/C27H42N4O/c1-3-5-18-30(19-6-4-2)27(32)23-13-14-24-25(21-23)31(26(28-24)22-11-12-22)20-10-17-29-15-8-7-9-16-29/h13-14,21-22H,3-12,15-20H2,1-2H3. The molecule has 1 aliphatic heterocycles. The molecule has 2 aromatic rings. The molecule has 0 unspecified atom stereocenters. The van der Waals surface area contributed by atoms with Crippen LogP contribution in [0.2, 0.25) is 0 Å². The van der Waals surface area contributed by atoms with Crippen molar-refractivity contribution >= 4 is 16.9 Å². The van der Waals surface area contributed by atoms with Gasteiger partial charge in [0.1, 0.15) is 5.82 Å². The van der Waals surface area contributed by atoms with Gasteiger partial charge in [-0.3, -0.25) is 4.79 Å². The van der Waals surface area contributed by atoms with Gasteiger partial charge in [-0.25, -0.2) is 4.98 Å². The van der Waals surface area contributed by atoms with Gasteiger partial charge in [-0.05, 0) is 82.8 Å². The number of benzene rings is 1. The van der Waals surface area contributed by atoms with E-state index in [9.17, 15) is 4.79 Å². The van der Waals surface area contributed by atoms with Gasteiger partial charge in [0, 0.05) is 31.1 Å². The fourth-order valence-electron chi connectivity index (χ4n) is 4.99. The van der Waals surface area contributed by atoms with Crippen molar-refractivity contribution < 1.29 is 4.79 Å². The highest BCUT2D eigenvalue weighted by Crippen LogP contribution is 2.41. The van der Waals surface area contributed by atoms with E-state index in [1.165, 1.54) is 57.6 Å². The molecule has 1 saturated heterocycles. The highest BCUT2D eigenvalue weighted by molar-refractivity contribution is 5.97. The molecule has 176 valence electrons. The number of hydrogen-bond donors (Lipinski definition) is 0. The Balaban J connectivity index is 1.53. The number of nitrogens with zero attached hydrogens (tertiary/aromatic N) is 4. The molecule has 2 aliphatic rings. The lowest BCUT2D eigenvalue weighted by molar-refractivity contribution is 0.0751. The first-order chi connectivity index (χ1) is 15.7. The predicted molar refractivity (Wildman–Crippen MR) is 132 cm³/mol. The van der Waals surface area contributed by atoms with E-state index in [1.807, 2.05) is 6.07 Å². The molecule has 1 aromatic carbocycles. The average molecular weight is 439 g/mol. The Morgan fingerprint density at radius 2 is 1.72 bits per heavy atom. The number of imidazole rings is 1. The van der Waals surface area contributed by atoms with Crippen LogP contribution in [0.15, 0.2) is 18.2 Å². The lowest BCUT2D eigenvalue weighted by Crippen LogP contribution is -2.33. The highest BCUT2D eigenvalue weighted by Gasteiger charge is 2.30. The maximum Gasteiger partial charge on any atom is 0.253 e. The molecule has 2 fully saturated rings. The van der Waals surface area contributed by atoms with Gasteiger partial charge < -0.3 is 14.4 Å². The summed E-state index contributed by atoms with van der Waals surface area (Å²) in [6, 6.07) is 6.20. The quantitative estimate of drug-likeness (QED) is 0.418. The van der Waals surface area contributed by atoms with Gasteiger partial charge in [0.05, 0.1) is 11.0 Å². The summed E-state index contributed by atoms with van der Waals surface area (Å²) in [5, 5.41) is 0.